The first kappa shape index (κ1) is 23.6. The lowest BCUT2D eigenvalue weighted by atomic mass is 9.58. The van der Waals surface area contributed by atoms with E-state index in [9.17, 15) is 14.7 Å². The highest BCUT2D eigenvalue weighted by atomic mass is 16.8. The number of esters is 1. The maximum absolute atomic E-state index is 13.5. The van der Waals surface area contributed by atoms with Crippen LogP contribution in [0.15, 0.2) is 0 Å². The molecule has 0 radical (unpaired) electrons. The van der Waals surface area contributed by atoms with Crippen molar-refractivity contribution in [3.8, 4) is 0 Å². The second kappa shape index (κ2) is 8.15. The van der Waals surface area contributed by atoms with E-state index in [1.54, 1.807) is 13.8 Å². The number of rotatable bonds is 7. The molecule has 8 atom stereocenters. The molecule has 3 aliphatic rings. The quantitative estimate of drug-likeness (QED) is 0.494. The van der Waals surface area contributed by atoms with Crippen molar-refractivity contribution in [2.45, 2.75) is 111 Å². The van der Waals surface area contributed by atoms with Gasteiger partial charge in [-0.2, -0.15) is 0 Å². The highest BCUT2D eigenvalue weighted by Crippen LogP contribution is 2.57. The molecule has 2 heterocycles. The van der Waals surface area contributed by atoms with Crippen molar-refractivity contribution in [3.05, 3.63) is 0 Å². The Labute approximate surface area is 179 Å². The van der Waals surface area contributed by atoms with E-state index >= 15 is 0 Å². The molecule has 0 aromatic rings. The van der Waals surface area contributed by atoms with Crippen LogP contribution in [0.25, 0.3) is 0 Å². The maximum atomic E-state index is 13.5. The minimum Gasteiger partial charge on any atom is -0.451 e. The van der Waals surface area contributed by atoms with E-state index < -0.39 is 47.9 Å². The average Bonchev–Trinajstić information content (AvgIpc) is 3.24. The summed E-state index contributed by atoms with van der Waals surface area (Å²) < 4.78 is 22.8. The van der Waals surface area contributed by atoms with E-state index in [0.717, 1.165) is 19.3 Å². The number of aliphatic hydroxyl groups is 1. The van der Waals surface area contributed by atoms with Gasteiger partial charge in [0.05, 0.1) is 5.41 Å². The first-order valence-electron chi connectivity index (χ1n) is 11.2. The monoisotopic (exact) mass is 426 g/mol. The number of hydrogen-bond donors (Lipinski definition) is 1. The van der Waals surface area contributed by atoms with Crippen LogP contribution in [0.2, 0.25) is 0 Å². The first-order chi connectivity index (χ1) is 13.8. The third-order valence-electron chi connectivity index (χ3n) is 7.70. The molecule has 0 spiro atoms. The van der Waals surface area contributed by atoms with Crippen molar-refractivity contribution >= 4 is 12.3 Å². The van der Waals surface area contributed by atoms with Gasteiger partial charge < -0.3 is 24.1 Å². The fourth-order valence-electron chi connectivity index (χ4n) is 5.74. The Balaban J connectivity index is 1.78. The molecule has 1 saturated carbocycles. The SMILES string of the molecule is CC(C)CC(C)(C(=O)OC(C=O)C1OC2OC(C)(C)OC2C1O)C1(C)CCCC1C. The number of carbonyl (C=O) groups is 2. The van der Waals surface area contributed by atoms with Crippen LogP contribution in [-0.2, 0) is 28.5 Å². The predicted octanol–water partition coefficient (Wildman–Crippen LogP) is 3.21. The van der Waals surface area contributed by atoms with Crippen molar-refractivity contribution in [1.82, 2.24) is 0 Å². The molecule has 0 amide bonds. The van der Waals surface area contributed by atoms with Crippen LogP contribution in [-0.4, -0.2) is 53.9 Å². The number of aliphatic hydroxyl groups excluding tert-OH is 1. The normalized spacial score (nSPS) is 40.8. The van der Waals surface area contributed by atoms with Crippen LogP contribution in [0, 0.1) is 22.7 Å². The molecule has 1 N–H and O–H groups in total. The molecule has 2 saturated heterocycles. The van der Waals surface area contributed by atoms with Crippen LogP contribution in [0.3, 0.4) is 0 Å². The van der Waals surface area contributed by atoms with Crippen molar-refractivity contribution < 1.29 is 33.6 Å². The summed E-state index contributed by atoms with van der Waals surface area (Å²) in [4.78, 5) is 25.4. The molecule has 1 aliphatic carbocycles. The van der Waals surface area contributed by atoms with Crippen molar-refractivity contribution in [2.75, 3.05) is 0 Å². The van der Waals surface area contributed by atoms with Gasteiger partial charge in [-0.1, -0.05) is 40.5 Å². The van der Waals surface area contributed by atoms with Crippen LogP contribution in [0.1, 0.15) is 74.1 Å². The number of ether oxygens (including phenoxy) is 4. The van der Waals surface area contributed by atoms with Crippen LogP contribution < -0.4 is 0 Å². The molecular formula is C23H38O7. The molecule has 3 fully saturated rings. The van der Waals surface area contributed by atoms with Crippen LogP contribution >= 0.6 is 0 Å². The summed E-state index contributed by atoms with van der Waals surface area (Å²) in [5.74, 6) is -0.615. The highest BCUT2D eigenvalue weighted by molar-refractivity contribution is 5.80. The fourth-order valence-corrected chi connectivity index (χ4v) is 5.74. The van der Waals surface area contributed by atoms with Gasteiger partial charge >= 0.3 is 5.97 Å². The second-order valence-corrected chi connectivity index (χ2v) is 10.7. The summed E-state index contributed by atoms with van der Waals surface area (Å²) in [5.41, 5.74) is -0.962. The molecule has 172 valence electrons. The zero-order chi connectivity index (χ0) is 22.5. The summed E-state index contributed by atoms with van der Waals surface area (Å²) in [6, 6.07) is 0. The molecule has 2 aliphatic heterocycles. The Kier molecular flexibility index (Phi) is 6.42. The second-order valence-electron chi connectivity index (χ2n) is 10.7. The van der Waals surface area contributed by atoms with Gasteiger partial charge in [-0.15, -0.1) is 0 Å². The molecule has 8 unspecified atom stereocenters. The Hall–Kier alpha value is -1.02. The average molecular weight is 427 g/mol. The first-order valence-corrected chi connectivity index (χ1v) is 11.2. The maximum Gasteiger partial charge on any atom is 0.313 e. The number of fused-ring (bicyclic) bond motifs is 1. The summed E-state index contributed by atoms with van der Waals surface area (Å²) >= 11 is 0. The standard InChI is InChI=1S/C23H38O7/c1-13(2)11-23(7,22(6)10-8-9-14(22)3)20(26)27-15(12-24)17-16(25)18-19(28-17)30-21(4,5)29-18/h12-19,25H,8-11H2,1-7H3. The third kappa shape index (κ3) is 3.94. The van der Waals surface area contributed by atoms with E-state index in [-0.39, 0.29) is 5.41 Å². The van der Waals surface area contributed by atoms with Crippen molar-refractivity contribution in [2.24, 2.45) is 22.7 Å². The minimum absolute atomic E-state index is 0.219. The zero-order valence-electron chi connectivity index (χ0n) is 19.3. The number of carbonyl (C=O) groups excluding carboxylic acids is 2. The molecule has 3 rings (SSSR count). The molecule has 7 heteroatoms. The molecule has 0 aromatic carbocycles. The highest BCUT2D eigenvalue weighted by Gasteiger charge is 2.59. The Bertz CT molecular complexity index is 662. The minimum atomic E-state index is -1.22. The van der Waals surface area contributed by atoms with Gasteiger partial charge in [0.25, 0.3) is 0 Å². The lowest BCUT2D eigenvalue weighted by Crippen LogP contribution is -2.51. The molecule has 0 aromatic heterocycles. The van der Waals surface area contributed by atoms with Crippen LogP contribution in [0.4, 0.5) is 0 Å². The van der Waals surface area contributed by atoms with Crippen LogP contribution in [0.5, 0.6) is 0 Å². The summed E-state index contributed by atoms with van der Waals surface area (Å²) in [5, 5.41) is 10.7. The van der Waals surface area contributed by atoms with Gasteiger partial charge in [-0.25, -0.2) is 0 Å². The number of aldehydes is 1. The van der Waals surface area contributed by atoms with Gasteiger partial charge in [-0.05, 0) is 50.9 Å². The molecule has 0 bridgehead atoms. The number of hydrogen-bond acceptors (Lipinski definition) is 7. The van der Waals surface area contributed by atoms with E-state index in [2.05, 4.69) is 27.7 Å². The topological polar surface area (TPSA) is 91.3 Å². The van der Waals surface area contributed by atoms with E-state index in [1.165, 1.54) is 0 Å². The van der Waals surface area contributed by atoms with Crippen molar-refractivity contribution in [3.63, 3.8) is 0 Å². The Morgan fingerprint density at radius 1 is 1.30 bits per heavy atom. The van der Waals surface area contributed by atoms with E-state index in [4.69, 9.17) is 18.9 Å². The summed E-state index contributed by atoms with van der Waals surface area (Å²) in [6.07, 6.45) is -0.586. The summed E-state index contributed by atoms with van der Waals surface area (Å²) in [7, 11) is 0. The van der Waals surface area contributed by atoms with E-state index in [1.807, 2.05) is 6.92 Å². The van der Waals surface area contributed by atoms with E-state index in [0.29, 0.717) is 24.5 Å². The largest absolute Gasteiger partial charge is 0.451 e. The van der Waals surface area contributed by atoms with Gasteiger partial charge in [-0.3, -0.25) is 9.59 Å². The van der Waals surface area contributed by atoms with Gasteiger partial charge in [0.15, 0.2) is 24.5 Å². The third-order valence-corrected chi connectivity index (χ3v) is 7.70. The predicted molar refractivity (Wildman–Crippen MR) is 109 cm³/mol. The lowest BCUT2D eigenvalue weighted by molar-refractivity contribution is -0.229. The van der Waals surface area contributed by atoms with Crippen molar-refractivity contribution in [1.29, 1.82) is 0 Å². The van der Waals surface area contributed by atoms with Gasteiger partial charge in [0, 0.05) is 0 Å². The summed E-state index contributed by atoms with van der Waals surface area (Å²) in [6.45, 7) is 14.0. The lowest BCUT2D eigenvalue weighted by Gasteiger charge is -2.46. The Morgan fingerprint density at radius 2 is 1.97 bits per heavy atom. The molecular weight excluding hydrogens is 388 g/mol. The van der Waals surface area contributed by atoms with Gasteiger partial charge in [0.2, 0.25) is 0 Å². The molecule has 30 heavy (non-hydrogen) atoms. The Morgan fingerprint density at radius 3 is 2.47 bits per heavy atom. The van der Waals surface area contributed by atoms with Gasteiger partial charge in [0.1, 0.15) is 18.3 Å². The molecule has 7 nitrogen and oxygen atoms in total. The zero-order valence-corrected chi connectivity index (χ0v) is 19.3. The fraction of sp³-hybridized carbons (Fsp3) is 0.913. The smallest absolute Gasteiger partial charge is 0.313 e.